The summed E-state index contributed by atoms with van der Waals surface area (Å²) in [6.07, 6.45) is 8.41. The number of aromatic nitrogens is 1. The molecule has 2 aliphatic rings. The first kappa shape index (κ1) is 24.1. The SMILES string of the molecule is Cc1ccc2[nH]cc(CCN3C[C@@H](C(=O)Nc4ccccc4C(=O)NC4CCCCC4)CC3=O)c2c1. The number of nitrogens with zero attached hydrogens (tertiary/aromatic N) is 1. The number of nitrogens with one attached hydrogen (secondary N) is 3. The van der Waals surface area contributed by atoms with Gasteiger partial charge in [-0.25, -0.2) is 0 Å². The number of aromatic amines is 1. The van der Waals surface area contributed by atoms with Crippen molar-refractivity contribution in [1.82, 2.24) is 15.2 Å². The van der Waals surface area contributed by atoms with Crippen LogP contribution in [-0.2, 0) is 16.0 Å². The molecule has 0 radical (unpaired) electrons. The molecule has 1 aliphatic heterocycles. The Labute approximate surface area is 211 Å². The van der Waals surface area contributed by atoms with E-state index in [9.17, 15) is 14.4 Å². The van der Waals surface area contributed by atoms with Gasteiger partial charge in [-0.05, 0) is 56.0 Å². The second-order valence-electron chi connectivity index (χ2n) is 10.2. The van der Waals surface area contributed by atoms with Gasteiger partial charge in [0.1, 0.15) is 0 Å². The number of fused-ring (bicyclic) bond motifs is 1. The van der Waals surface area contributed by atoms with E-state index in [1.54, 1.807) is 23.1 Å². The van der Waals surface area contributed by atoms with Crippen LogP contribution in [0.2, 0.25) is 0 Å². The number of rotatable bonds is 7. The number of H-pyrrole nitrogens is 1. The molecule has 0 bridgehead atoms. The van der Waals surface area contributed by atoms with E-state index < -0.39 is 5.92 Å². The molecule has 1 aliphatic carbocycles. The number of anilines is 1. The molecule has 3 amide bonds. The Bertz CT molecular complexity index is 1270. The van der Waals surface area contributed by atoms with Crippen molar-refractivity contribution in [3.63, 3.8) is 0 Å². The minimum atomic E-state index is -0.433. The molecule has 36 heavy (non-hydrogen) atoms. The van der Waals surface area contributed by atoms with Crippen LogP contribution in [0, 0.1) is 12.8 Å². The number of amides is 3. The van der Waals surface area contributed by atoms with Crippen LogP contribution in [0.3, 0.4) is 0 Å². The Morgan fingerprint density at radius 1 is 1.08 bits per heavy atom. The summed E-state index contributed by atoms with van der Waals surface area (Å²) in [5.41, 5.74) is 4.42. The van der Waals surface area contributed by atoms with E-state index in [-0.39, 0.29) is 30.2 Å². The molecular formula is C29H34N4O3. The quantitative estimate of drug-likeness (QED) is 0.457. The molecular weight excluding hydrogens is 452 g/mol. The van der Waals surface area contributed by atoms with Crippen molar-refractivity contribution in [2.24, 2.45) is 5.92 Å². The van der Waals surface area contributed by atoms with Crippen LogP contribution in [0.25, 0.3) is 10.9 Å². The van der Waals surface area contributed by atoms with Crippen LogP contribution < -0.4 is 10.6 Å². The highest BCUT2D eigenvalue weighted by Gasteiger charge is 2.34. The fourth-order valence-corrected chi connectivity index (χ4v) is 5.45. The van der Waals surface area contributed by atoms with E-state index in [0.717, 1.165) is 37.6 Å². The summed E-state index contributed by atoms with van der Waals surface area (Å²) in [5, 5.41) is 7.23. The average molecular weight is 487 g/mol. The Morgan fingerprint density at radius 3 is 2.72 bits per heavy atom. The second-order valence-corrected chi connectivity index (χ2v) is 10.2. The lowest BCUT2D eigenvalue weighted by Gasteiger charge is -2.23. The van der Waals surface area contributed by atoms with E-state index in [4.69, 9.17) is 0 Å². The molecule has 0 unspecified atom stereocenters. The number of aryl methyl sites for hydroxylation is 1. The minimum absolute atomic E-state index is 0.00509. The first-order chi connectivity index (χ1) is 17.5. The topological polar surface area (TPSA) is 94.3 Å². The van der Waals surface area contributed by atoms with Crippen LogP contribution >= 0.6 is 0 Å². The van der Waals surface area contributed by atoms with Gasteiger partial charge in [0.15, 0.2) is 0 Å². The second kappa shape index (κ2) is 10.6. The van der Waals surface area contributed by atoms with Crippen LogP contribution in [0.4, 0.5) is 5.69 Å². The van der Waals surface area contributed by atoms with Gasteiger partial charge in [0.2, 0.25) is 11.8 Å². The predicted octanol–water partition coefficient (Wildman–Crippen LogP) is 4.57. The number of carbonyl (C=O) groups excluding carboxylic acids is 3. The Kier molecular flexibility index (Phi) is 7.07. The highest BCUT2D eigenvalue weighted by Crippen LogP contribution is 2.25. The van der Waals surface area contributed by atoms with Crippen molar-refractivity contribution in [2.75, 3.05) is 18.4 Å². The third-order valence-electron chi connectivity index (χ3n) is 7.53. The van der Waals surface area contributed by atoms with Crippen molar-refractivity contribution in [1.29, 1.82) is 0 Å². The van der Waals surface area contributed by atoms with Crippen LogP contribution in [0.15, 0.2) is 48.7 Å². The summed E-state index contributed by atoms with van der Waals surface area (Å²) in [5.74, 6) is -0.811. The molecule has 7 heteroatoms. The van der Waals surface area contributed by atoms with Gasteiger partial charge in [-0.2, -0.15) is 0 Å². The lowest BCUT2D eigenvalue weighted by molar-refractivity contribution is -0.128. The highest BCUT2D eigenvalue weighted by atomic mass is 16.2. The van der Waals surface area contributed by atoms with Crippen molar-refractivity contribution >= 4 is 34.3 Å². The fraction of sp³-hybridized carbons (Fsp3) is 0.414. The van der Waals surface area contributed by atoms with Gasteiger partial charge < -0.3 is 20.5 Å². The van der Waals surface area contributed by atoms with Crippen molar-refractivity contribution < 1.29 is 14.4 Å². The zero-order valence-electron chi connectivity index (χ0n) is 20.8. The fourth-order valence-electron chi connectivity index (χ4n) is 5.45. The summed E-state index contributed by atoms with van der Waals surface area (Å²) in [7, 11) is 0. The maximum atomic E-state index is 13.1. The van der Waals surface area contributed by atoms with Crippen LogP contribution in [-0.4, -0.2) is 46.7 Å². The third-order valence-corrected chi connectivity index (χ3v) is 7.53. The van der Waals surface area contributed by atoms with Gasteiger partial charge in [0, 0.05) is 42.7 Å². The maximum absolute atomic E-state index is 13.1. The monoisotopic (exact) mass is 486 g/mol. The molecule has 2 aromatic carbocycles. The zero-order chi connectivity index (χ0) is 25.1. The zero-order valence-corrected chi connectivity index (χ0v) is 20.8. The molecule has 7 nitrogen and oxygen atoms in total. The van der Waals surface area contributed by atoms with Gasteiger partial charge in [0.25, 0.3) is 5.91 Å². The first-order valence-corrected chi connectivity index (χ1v) is 13.0. The Morgan fingerprint density at radius 2 is 1.89 bits per heavy atom. The van der Waals surface area contributed by atoms with E-state index in [0.29, 0.717) is 24.3 Å². The van der Waals surface area contributed by atoms with E-state index in [1.807, 2.05) is 12.3 Å². The lowest BCUT2D eigenvalue weighted by Crippen LogP contribution is -2.36. The maximum Gasteiger partial charge on any atom is 0.253 e. The molecule has 188 valence electrons. The number of hydrogen-bond acceptors (Lipinski definition) is 3. The standard InChI is InChI=1S/C29H34N4O3/c1-19-11-12-25-24(15-19)20(17-30-25)13-14-33-18-21(16-27(33)34)28(35)32-26-10-6-5-9-23(26)29(36)31-22-7-3-2-4-8-22/h5-6,9-12,15,17,21-22,30H,2-4,7-8,13-14,16,18H2,1H3,(H,31,36)(H,32,35)/t21-/m0/s1. The van der Waals surface area contributed by atoms with Gasteiger partial charge in [0.05, 0.1) is 17.2 Å². The van der Waals surface area contributed by atoms with Gasteiger partial charge in [-0.1, -0.05) is 43.0 Å². The van der Waals surface area contributed by atoms with E-state index in [2.05, 4.69) is 40.7 Å². The molecule has 1 atom stereocenters. The number of para-hydroxylation sites is 1. The van der Waals surface area contributed by atoms with Crippen molar-refractivity contribution in [3.8, 4) is 0 Å². The normalized spacial score (nSPS) is 18.5. The number of benzene rings is 2. The minimum Gasteiger partial charge on any atom is -0.361 e. The first-order valence-electron chi connectivity index (χ1n) is 13.0. The van der Waals surface area contributed by atoms with Gasteiger partial charge >= 0.3 is 0 Å². The number of hydrogen-bond donors (Lipinski definition) is 3. The number of carbonyl (C=O) groups is 3. The summed E-state index contributed by atoms with van der Waals surface area (Å²) in [6.45, 7) is 3.04. The molecule has 2 fully saturated rings. The summed E-state index contributed by atoms with van der Waals surface area (Å²) >= 11 is 0. The molecule has 1 saturated heterocycles. The average Bonchev–Trinajstić information content (AvgIpc) is 3.46. The summed E-state index contributed by atoms with van der Waals surface area (Å²) < 4.78 is 0. The van der Waals surface area contributed by atoms with Crippen molar-refractivity contribution in [3.05, 3.63) is 65.4 Å². The van der Waals surface area contributed by atoms with Crippen LogP contribution in [0.1, 0.15) is 60.0 Å². The summed E-state index contributed by atoms with van der Waals surface area (Å²) in [4.78, 5) is 43.8. The van der Waals surface area contributed by atoms with E-state index in [1.165, 1.54) is 22.9 Å². The molecule has 1 saturated carbocycles. The van der Waals surface area contributed by atoms with E-state index >= 15 is 0 Å². The molecule has 1 aromatic heterocycles. The van der Waals surface area contributed by atoms with Gasteiger partial charge in [-0.15, -0.1) is 0 Å². The molecule has 0 spiro atoms. The van der Waals surface area contributed by atoms with Crippen LogP contribution in [0.5, 0.6) is 0 Å². The largest absolute Gasteiger partial charge is 0.361 e. The number of likely N-dealkylation sites (tertiary alicyclic amines) is 1. The van der Waals surface area contributed by atoms with Gasteiger partial charge in [-0.3, -0.25) is 14.4 Å². The Balaban J connectivity index is 1.19. The summed E-state index contributed by atoms with van der Waals surface area (Å²) in [6, 6.07) is 13.6. The Hall–Kier alpha value is -3.61. The molecule has 2 heterocycles. The molecule has 3 N–H and O–H groups in total. The third kappa shape index (κ3) is 5.30. The molecule has 3 aromatic rings. The van der Waals surface area contributed by atoms with Crippen molar-refractivity contribution in [2.45, 2.75) is 57.9 Å². The lowest BCUT2D eigenvalue weighted by atomic mass is 9.95. The predicted molar refractivity (Wildman–Crippen MR) is 141 cm³/mol. The highest BCUT2D eigenvalue weighted by molar-refractivity contribution is 6.05. The molecule has 5 rings (SSSR count). The smallest absolute Gasteiger partial charge is 0.253 e.